The Morgan fingerprint density at radius 1 is 1.17 bits per heavy atom. The van der Waals surface area contributed by atoms with Crippen LogP contribution in [0.1, 0.15) is 18.1 Å². The summed E-state index contributed by atoms with van der Waals surface area (Å²) >= 11 is 0. The van der Waals surface area contributed by atoms with E-state index in [2.05, 4.69) is 24.0 Å². The lowest BCUT2D eigenvalue weighted by Crippen LogP contribution is -1.84. The molecule has 2 N–H and O–H groups in total. The standard InChI is InChI=1S/C16H15NO/c1-3-6-11-10(2)16-12-7-4-5-8-13(12)17-14(16)9-15(11)18/h3-9,17-18H,1-2H3/b6-3-. The molecule has 90 valence electrons. The maximum atomic E-state index is 10.1. The number of aryl methyl sites for hydroxylation is 1. The molecule has 2 heteroatoms. The predicted molar refractivity (Wildman–Crippen MR) is 76.9 cm³/mol. The van der Waals surface area contributed by atoms with Gasteiger partial charge in [0.25, 0.3) is 0 Å². The summed E-state index contributed by atoms with van der Waals surface area (Å²) in [5.41, 5.74) is 4.10. The number of H-pyrrole nitrogens is 1. The number of nitrogens with one attached hydrogen (secondary N) is 1. The van der Waals surface area contributed by atoms with Gasteiger partial charge in [0.2, 0.25) is 0 Å². The molecule has 3 aromatic rings. The molecule has 0 aliphatic heterocycles. The second-order valence-electron chi connectivity index (χ2n) is 4.53. The van der Waals surface area contributed by atoms with Crippen molar-refractivity contribution in [3.63, 3.8) is 0 Å². The minimum Gasteiger partial charge on any atom is -0.507 e. The van der Waals surface area contributed by atoms with Crippen molar-refractivity contribution in [3.05, 3.63) is 47.5 Å². The highest BCUT2D eigenvalue weighted by Gasteiger charge is 2.11. The molecule has 0 bridgehead atoms. The van der Waals surface area contributed by atoms with E-state index >= 15 is 0 Å². The van der Waals surface area contributed by atoms with E-state index in [1.807, 2.05) is 31.2 Å². The lowest BCUT2D eigenvalue weighted by Gasteiger charge is -2.06. The van der Waals surface area contributed by atoms with Gasteiger partial charge in [-0.15, -0.1) is 0 Å². The minimum atomic E-state index is 0.324. The summed E-state index contributed by atoms with van der Waals surface area (Å²) in [6, 6.07) is 10.0. The zero-order chi connectivity index (χ0) is 12.7. The largest absolute Gasteiger partial charge is 0.507 e. The number of phenolic OH excluding ortho intramolecular Hbond substituents is 1. The Kier molecular flexibility index (Phi) is 2.37. The normalized spacial score (nSPS) is 11.9. The van der Waals surface area contributed by atoms with Crippen molar-refractivity contribution in [3.8, 4) is 5.75 Å². The van der Waals surface area contributed by atoms with Crippen molar-refractivity contribution in [1.82, 2.24) is 4.98 Å². The van der Waals surface area contributed by atoms with E-state index in [0.29, 0.717) is 5.75 Å². The third-order valence-corrected chi connectivity index (χ3v) is 3.40. The number of aromatic amines is 1. The monoisotopic (exact) mass is 237 g/mol. The average Bonchev–Trinajstić information content (AvgIpc) is 2.72. The van der Waals surface area contributed by atoms with Crippen molar-refractivity contribution in [2.45, 2.75) is 13.8 Å². The molecular weight excluding hydrogens is 222 g/mol. The molecule has 0 aliphatic rings. The van der Waals surface area contributed by atoms with Crippen LogP contribution < -0.4 is 0 Å². The number of aromatic hydroxyl groups is 1. The van der Waals surface area contributed by atoms with Crippen molar-refractivity contribution in [1.29, 1.82) is 0 Å². The SMILES string of the molecule is C/C=C\c1c(O)cc2[nH]c3ccccc3c2c1C. The Hall–Kier alpha value is -2.22. The first-order valence-electron chi connectivity index (χ1n) is 6.08. The maximum absolute atomic E-state index is 10.1. The number of benzene rings is 2. The second kappa shape index (κ2) is 3.91. The third kappa shape index (κ3) is 1.42. The molecule has 1 aromatic heterocycles. The van der Waals surface area contributed by atoms with Crippen LogP contribution in [0.4, 0.5) is 0 Å². The molecule has 2 aromatic carbocycles. The highest BCUT2D eigenvalue weighted by molar-refractivity contribution is 6.10. The lowest BCUT2D eigenvalue weighted by atomic mass is 10.0. The van der Waals surface area contributed by atoms with E-state index < -0.39 is 0 Å². The molecule has 1 heterocycles. The quantitative estimate of drug-likeness (QED) is 0.647. The third-order valence-electron chi connectivity index (χ3n) is 3.40. The summed E-state index contributed by atoms with van der Waals surface area (Å²) in [6.45, 7) is 4.01. The fraction of sp³-hybridized carbons (Fsp3) is 0.125. The molecule has 0 spiro atoms. The van der Waals surface area contributed by atoms with E-state index in [1.54, 1.807) is 6.07 Å². The summed E-state index contributed by atoms with van der Waals surface area (Å²) < 4.78 is 0. The smallest absolute Gasteiger partial charge is 0.125 e. The van der Waals surface area contributed by atoms with Crippen molar-refractivity contribution in [2.75, 3.05) is 0 Å². The van der Waals surface area contributed by atoms with Gasteiger partial charge in [0, 0.05) is 27.9 Å². The summed E-state index contributed by atoms with van der Waals surface area (Å²) in [4.78, 5) is 3.34. The van der Waals surface area contributed by atoms with Gasteiger partial charge in [0.05, 0.1) is 5.52 Å². The Labute approximate surface area is 106 Å². The minimum absolute atomic E-state index is 0.324. The van der Waals surface area contributed by atoms with Gasteiger partial charge in [-0.05, 0) is 25.5 Å². The van der Waals surface area contributed by atoms with Crippen LogP contribution in [0.2, 0.25) is 0 Å². The Morgan fingerprint density at radius 3 is 2.72 bits per heavy atom. The van der Waals surface area contributed by atoms with Gasteiger partial charge in [-0.25, -0.2) is 0 Å². The van der Waals surface area contributed by atoms with Gasteiger partial charge in [-0.2, -0.15) is 0 Å². The summed E-state index contributed by atoms with van der Waals surface area (Å²) in [5.74, 6) is 0.324. The number of fused-ring (bicyclic) bond motifs is 3. The summed E-state index contributed by atoms with van der Waals surface area (Å²) in [7, 11) is 0. The van der Waals surface area contributed by atoms with Gasteiger partial charge < -0.3 is 10.1 Å². The first-order chi connectivity index (χ1) is 8.72. The molecule has 0 amide bonds. The Morgan fingerprint density at radius 2 is 1.94 bits per heavy atom. The highest BCUT2D eigenvalue weighted by atomic mass is 16.3. The van der Waals surface area contributed by atoms with Crippen LogP contribution in [0.3, 0.4) is 0 Å². The fourth-order valence-corrected chi connectivity index (χ4v) is 2.59. The summed E-state index contributed by atoms with van der Waals surface area (Å²) in [6.07, 6.45) is 3.90. The van der Waals surface area contributed by atoms with Gasteiger partial charge in [-0.3, -0.25) is 0 Å². The van der Waals surface area contributed by atoms with Crippen LogP contribution in [0, 0.1) is 6.92 Å². The molecular formula is C16H15NO. The highest BCUT2D eigenvalue weighted by Crippen LogP contribution is 2.35. The number of hydrogen-bond donors (Lipinski definition) is 2. The van der Waals surface area contributed by atoms with E-state index in [1.165, 1.54) is 10.8 Å². The molecule has 0 radical (unpaired) electrons. The molecule has 0 fully saturated rings. The Balaban J connectivity index is 2.52. The summed E-state index contributed by atoms with van der Waals surface area (Å²) in [5, 5.41) is 12.5. The molecule has 0 atom stereocenters. The first-order valence-corrected chi connectivity index (χ1v) is 6.08. The predicted octanol–water partition coefficient (Wildman–Crippen LogP) is 4.37. The number of para-hydroxylation sites is 1. The number of phenols is 1. The number of hydrogen-bond acceptors (Lipinski definition) is 1. The maximum Gasteiger partial charge on any atom is 0.125 e. The van der Waals surface area contributed by atoms with Crippen molar-refractivity contribution >= 4 is 27.9 Å². The number of aromatic nitrogens is 1. The average molecular weight is 237 g/mol. The first kappa shape index (κ1) is 10.9. The molecule has 0 aliphatic carbocycles. The van der Waals surface area contributed by atoms with Crippen LogP contribution in [0.25, 0.3) is 27.9 Å². The number of rotatable bonds is 1. The zero-order valence-corrected chi connectivity index (χ0v) is 10.5. The fourth-order valence-electron chi connectivity index (χ4n) is 2.59. The van der Waals surface area contributed by atoms with Crippen LogP contribution >= 0.6 is 0 Å². The van der Waals surface area contributed by atoms with Crippen LogP contribution in [0.5, 0.6) is 5.75 Å². The van der Waals surface area contributed by atoms with Crippen LogP contribution in [0.15, 0.2) is 36.4 Å². The van der Waals surface area contributed by atoms with Gasteiger partial charge in [0.1, 0.15) is 5.75 Å². The Bertz CT molecular complexity index is 765. The van der Waals surface area contributed by atoms with Crippen LogP contribution in [-0.4, -0.2) is 10.1 Å². The molecule has 0 saturated carbocycles. The zero-order valence-electron chi connectivity index (χ0n) is 10.5. The molecule has 0 unspecified atom stereocenters. The van der Waals surface area contributed by atoms with E-state index in [9.17, 15) is 5.11 Å². The van der Waals surface area contributed by atoms with Gasteiger partial charge in [0.15, 0.2) is 0 Å². The topological polar surface area (TPSA) is 36.0 Å². The molecule has 0 saturated heterocycles. The molecule has 3 rings (SSSR count). The molecule has 18 heavy (non-hydrogen) atoms. The number of allylic oxidation sites excluding steroid dienone is 1. The van der Waals surface area contributed by atoms with Crippen molar-refractivity contribution in [2.24, 2.45) is 0 Å². The lowest BCUT2D eigenvalue weighted by molar-refractivity contribution is 0.474. The second-order valence-corrected chi connectivity index (χ2v) is 4.53. The van der Waals surface area contributed by atoms with E-state index in [-0.39, 0.29) is 0 Å². The van der Waals surface area contributed by atoms with Crippen LogP contribution in [-0.2, 0) is 0 Å². The van der Waals surface area contributed by atoms with Gasteiger partial charge >= 0.3 is 0 Å². The van der Waals surface area contributed by atoms with E-state index in [0.717, 1.165) is 22.2 Å². The molecule has 2 nitrogen and oxygen atoms in total. The van der Waals surface area contributed by atoms with E-state index in [4.69, 9.17) is 0 Å². The van der Waals surface area contributed by atoms with Gasteiger partial charge in [-0.1, -0.05) is 30.4 Å². The van der Waals surface area contributed by atoms with Crippen molar-refractivity contribution < 1.29 is 5.11 Å².